The number of amides is 1. The van der Waals surface area contributed by atoms with Crippen LogP contribution in [-0.2, 0) is 0 Å². The van der Waals surface area contributed by atoms with E-state index in [1.807, 2.05) is 17.9 Å². The molecule has 160 valence electrons. The zero-order valence-corrected chi connectivity index (χ0v) is 17.8. The molecule has 3 aliphatic rings. The van der Waals surface area contributed by atoms with Crippen molar-refractivity contribution in [3.8, 4) is 0 Å². The highest BCUT2D eigenvalue weighted by Gasteiger charge is 2.31. The third-order valence-electron chi connectivity index (χ3n) is 6.26. The summed E-state index contributed by atoms with van der Waals surface area (Å²) in [7, 11) is 2.15. The number of hydrogen-bond donors (Lipinski definition) is 0. The molecule has 5 rings (SSSR count). The van der Waals surface area contributed by atoms with Gasteiger partial charge in [-0.1, -0.05) is 5.16 Å². The van der Waals surface area contributed by atoms with E-state index in [4.69, 9.17) is 4.52 Å². The first kappa shape index (κ1) is 19.3. The minimum absolute atomic E-state index is 0.0395. The molecule has 9 heteroatoms. The van der Waals surface area contributed by atoms with E-state index in [0.717, 1.165) is 75.3 Å². The molecular formula is C21H29N7O2. The average Bonchev–Trinajstić information content (AvgIpc) is 3.50. The highest BCUT2D eigenvalue weighted by Crippen LogP contribution is 2.40. The standard InChI is InChI=1S/C21H29N7O2/c1-15-22-19(26-7-5-25(2)6-8-26)14-20(23-15)27-9-11-28(12-10-27)21(29)17-13-18(30-24-17)16-3-4-16/h13-14,16H,3-12H2,1-2H3. The van der Waals surface area contributed by atoms with Gasteiger partial charge in [-0.25, -0.2) is 9.97 Å². The fourth-order valence-corrected chi connectivity index (χ4v) is 4.15. The van der Waals surface area contributed by atoms with Gasteiger partial charge in [0.2, 0.25) is 0 Å². The van der Waals surface area contributed by atoms with E-state index in [0.29, 0.717) is 24.7 Å². The van der Waals surface area contributed by atoms with Crippen LogP contribution in [0.2, 0.25) is 0 Å². The van der Waals surface area contributed by atoms with E-state index in [9.17, 15) is 4.79 Å². The van der Waals surface area contributed by atoms with Crippen LogP contribution in [0.4, 0.5) is 11.6 Å². The summed E-state index contributed by atoms with van der Waals surface area (Å²) < 4.78 is 5.35. The first-order valence-corrected chi connectivity index (χ1v) is 10.9. The van der Waals surface area contributed by atoms with Gasteiger partial charge in [0, 0.05) is 70.4 Å². The van der Waals surface area contributed by atoms with Crippen LogP contribution in [0.25, 0.3) is 0 Å². The molecular weight excluding hydrogens is 382 g/mol. The monoisotopic (exact) mass is 411 g/mol. The Morgan fingerprint density at radius 3 is 2.13 bits per heavy atom. The molecule has 0 spiro atoms. The van der Waals surface area contributed by atoms with Crippen molar-refractivity contribution in [3.05, 3.63) is 29.4 Å². The summed E-state index contributed by atoms with van der Waals surface area (Å²) in [4.78, 5) is 30.9. The molecule has 0 atom stereocenters. The van der Waals surface area contributed by atoms with Gasteiger partial charge < -0.3 is 24.1 Å². The Bertz CT molecular complexity index is 910. The van der Waals surface area contributed by atoms with Crippen LogP contribution in [0.15, 0.2) is 16.7 Å². The van der Waals surface area contributed by atoms with Crippen LogP contribution in [0.5, 0.6) is 0 Å². The molecule has 0 radical (unpaired) electrons. The predicted molar refractivity (Wildman–Crippen MR) is 113 cm³/mol. The first-order chi connectivity index (χ1) is 14.6. The first-order valence-electron chi connectivity index (χ1n) is 10.9. The second kappa shape index (κ2) is 7.86. The Balaban J connectivity index is 1.23. The highest BCUT2D eigenvalue weighted by atomic mass is 16.5. The third kappa shape index (κ3) is 3.98. The van der Waals surface area contributed by atoms with Gasteiger partial charge in [0.05, 0.1) is 0 Å². The van der Waals surface area contributed by atoms with Crippen molar-refractivity contribution < 1.29 is 9.32 Å². The molecule has 1 aliphatic carbocycles. The van der Waals surface area contributed by atoms with Crippen molar-refractivity contribution in [1.82, 2.24) is 24.9 Å². The van der Waals surface area contributed by atoms with E-state index in [2.05, 4.69) is 42.9 Å². The third-order valence-corrected chi connectivity index (χ3v) is 6.26. The number of aryl methyl sites for hydroxylation is 1. The SMILES string of the molecule is Cc1nc(N2CCN(C)CC2)cc(N2CCN(C(=O)c3cc(C4CC4)on3)CC2)n1. The fraction of sp³-hybridized carbons (Fsp3) is 0.619. The number of anilines is 2. The van der Waals surface area contributed by atoms with Crippen molar-refractivity contribution in [2.45, 2.75) is 25.7 Å². The van der Waals surface area contributed by atoms with Gasteiger partial charge in [0.1, 0.15) is 23.2 Å². The molecule has 2 aliphatic heterocycles. The second-order valence-corrected chi connectivity index (χ2v) is 8.59. The molecule has 0 bridgehead atoms. The summed E-state index contributed by atoms with van der Waals surface area (Å²) in [6, 6.07) is 3.91. The molecule has 3 fully saturated rings. The van der Waals surface area contributed by atoms with Gasteiger partial charge in [0.15, 0.2) is 5.69 Å². The maximum absolute atomic E-state index is 12.8. The summed E-state index contributed by atoms with van der Waals surface area (Å²) in [6.07, 6.45) is 2.27. The number of piperazine rings is 2. The van der Waals surface area contributed by atoms with Gasteiger partial charge in [-0.3, -0.25) is 4.79 Å². The van der Waals surface area contributed by atoms with E-state index >= 15 is 0 Å². The minimum atomic E-state index is -0.0395. The number of likely N-dealkylation sites (N-methyl/N-ethyl adjacent to an activating group) is 1. The second-order valence-electron chi connectivity index (χ2n) is 8.59. The van der Waals surface area contributed by atoms with Crippen LogP contribution < -0.4 is 9.80 Å². The molecule has 0 unspecified atom stereocenters. The van der Waals surface area contributed by atoms with Gasteiger partial charge in [-0.2, -0.15) is 0 Å². The van der Waals surface area contributed by atoms with Crippen LogP contribution in [0.3, 0.4) is 0 Å². The molecule has 1 amide bonds. The van der Waals surface area contributed by atoms with Crippen molar-refractivity contribution in [2.24, 2.45) is 0 Å². The summed E-state index contributed by atoms with van der Waals surface area (Å²) in [5, 5.41) is 4.00. The number of hydrogen-bond acceptors (Lipinski definition) is 8. The number of aromatic nitrogens is 3. The Hall–Kier alpha value is -2.68. The highest BCUT2D eigenvalue weighted by molar-refractivity contribution is 5.92. The van der Waals surface area contributed by atoms with E-state index in [1.54, 1.807) is 0 Å². The van der Waals surface area contributed by atoms with Crippen molar-refractivity contribution >= 4 is 17.5 Å². The molecule has 9 nitrogen and oxygen atoms in total. The maximum Gasteiger partial charge on any atom is 0.276 e. The average molecular weight is 412 g/mol. The number of nitrogens with zero attached hydrogens (tertiary/aromatic N) is 7. The Morgan fingerprint density at radius 2 is 1.53 bits per heavy atom. The Labute approximate surface area is 176 Å². The number of carbonyl (C=O) groups is 1. The van der Waals surface area contributed by atoms with E-state index < -0.39 is 0 Å². The zero-order chi connectivity index (χ0) is 20.7. The molecule has 4 heterocycles. The van der Waals surface area contributed by atoms with Crippen LogP contribution in [0, 0.1) is 6.92 Å². The van der Waals surface area contributed by atoms with Gasteiger partial charge in [-0.05, 0) is 26.8 Å². The summed E-state index contributed by atoms with van der Waals surface area (Å²) in [5.41, 5.74) is 0.431. The summed E-state index contributed by atoms with van der Waals surface area (Å²) in [6.45, 7) is 8.80. The lowest BCUT2D eigenvalue weighted by Gasteiger charge is -2.36. The summed E-state index contributed by atoms with van der Waals surface area (Å²) in [5.74, 6) is 4.01. The minimum Gasteiger partial charge on any atom is -0.360 e. The Kier molecular flexibility index (Phi) is 5.06. The zero-order valence-electron chi connectivity index (χ0n) is 17.8. The maximum atomic E-state index is 12.8. The number of rotatable bonds is 4. The van der Waals surface area contributed by atoms with Gasteiger partial charge >= 0.3 is 0 Å². The Morgan fingerprint density at radius 1 is 0.933 bits per heavy atom. The van der Waals surface area contributed by atoms with Crippen LogP contribution >= 0.6 is 0 Å². The lowest BCUT2D eigenvalue weighted by atomic mass is 10.2. The van der Waals surface area contributed by atoms with Gasteiger partial charge in [0.25, 0.3) is 5.91 Å². The molecule has 0 aromatic carbocycles. The van der Waals surface area contributed by atoms with Crippen molar-refractivity contribution in [3.63, 3.8) is 0 Å². The van der Waals surface area contributed by atoms with E-state index in [-0.39, 0.29) is 5.91 Å². The smallest absolute Gasteiger partial charge is 0.276 e. The molecule has 1 saturated carbocycles. The quantitative estimate of drug-likeness (QED) is 0.746. The normalized spacial score (nSPS) is 20.7. The fourth-order valence-electron chi connectivity index (χ4n) is 4.15. The number of carbonyl (C=O) groups excluding carboxylic acids is 1. The molecule has 2 aromatic rings. The van der Waals surface area contributed by atoms with Crippen molar-refractivity contribution in [2.75, 3.05) is 69.2 Å². The van der Waals surface area contributed by atoms with Crippen LogP contribution in [0.1, 0.15) is 40.8 Å². The summed E-state index contributed by atoms with van der Waals surface area (Å²) >= 11 is 0. The van der Waals surface area contributed by atoms with Crippen LogP contribution in [-0.4, -0.2) is 90.2 Å². The molecule has 2 aromatic heterocycles. The molecule has 2 saturated heterocycles. The lowest BCUT2D eigenvalue weighted by molar-refractivity contribution is 0.0736. The largest absolute Gasteiger partial charge is 0.360 e. The van der Waals surface area contributed by atoms with Gasteiger partial charge in [-0.15, -0.1) is 0 Å². The molecule has 30 heavy (non-hydrogen) atoms. The topological polar surface area (TPSA) is 81.8 Å². The van der Waals surface area contributed by atoms with Crippen molar-refractivity contribution in [1.29, 1.82) is 0 Å². The lowest BCUT2D eigenvalue weighted by Crippen LogP contribution is -2.49. The molecule has 0 N–H and O–H groups in total. The predicted octanol–water partition coefficient (Wildman–Crippen LogP) is 1.36. The van der Waals surface area contributed by atoms with E-state index in [1.165, 1.54) is 0 Å².